The number of anilines is 1. The molecule has 154 valence electrons. The van der Waals surface area contributed by atoms with Gasteiger partial charge in [0, 0.05) is 71.6 Å². The number of piperazine rings is 1. The lowest BCUT2D eigenvalue weighted by molar-refractivity contribution is 0.145. The molecule has 0 bridgehead atoms. The molecule has 3 aromatic rings. The highest BCUT2D eigenvalue weighted by Gasteiger charge is 2.17. The van der Waals surface area contributed by atoms with Crippen LogP contribution in [0, 0.1) is 0 Å². The van der Waals surface area contributed by atoms with Gasteiger partial charge in [-0.2, -0.15) is 0 Å². The highest BCUT2D eigenvalue weighted by atomic mass is 32.1. The van der Waals surface area contributed by atoms with Crippen LogP contribution in [-0.4, -0.2) is 55.0 Å². The van der Waals surface area contributed by atoms with Crippen molar-refractivity contribution < 1.29 is 4.79 Å². The zero-order valence-electron chi connectivity index (χ0n) is 17.1. The minimum absolute atomic E-state index is 0.751. The fourth-order valence-electron chi connectivity index (χ4n) is 3.86. The highest BCUT2D eigenvalue weighted by Crippen LogP contribution is 2.31. The third-order valence-electron chi connectivity index (χ3n) is 5.68. The maximum atomic E-state index is 11.6. The predicted molar refractivity (Wildman–Crippen MR) is 128 cm³/mol. The van der Waals surface area contributed by atoms with Crippen LogP contribution < -0.4 is 5.73 Å². The summed E-state index contributed by atoms with van der Waals surface area (Å²) in [5.74, 6) is 2.21. The van der Waals surface area contributed by atoms with Crippen LogP contribution in [0.2, 0.25) is 0 Å². The summed E-state index contributed by atoms with van der Waals surface area (Å²) in [7, 11) is 0. The first kappa shape index (κ1) is 20.6. The van der Waals surface area contributed by atoms with Crippen LogP contribution in [0.25, 0.3) is 21.7 Å². The van der Waals surface area contributed by atoms with Gasteiger partial charge in [-0.1, -0.05) is 42.5 Å². The summed E-state index contributed by atoms with van der Waals surface area (Å²) in [5.41, 5.74) is 9.55. The number of carbonyl (C=O) groups excluding carboxylic acids is 1. The molecule has 0 radical (unpaired) electrons. The average molecular weight is 418 g/mol. The molecule has 0 atom stereocenters. The van der Waals surface area contributed by atoms with Gasteiger partial charge in [-0.3, -0.25) is 4.90 Å². The molecule has 0 unspecified atom stereocenters. The number of fused-ring (bicyclic) bond motifs is 1. The zero-order valence-corrected chi connectivity index (χ0v) is 17.9. The Bertz CT molecular complexity index is 1060. The van der Waals surface area contributed by atoms with Gasteiger partial charge in [-0.15, -0.1) is 11.3 Å². The number of benzene rings is 2. The quantitative estimate of drug-likeness (QED) is 0.457. The largest absolute Gasteiger partial charge is 0.399 e. The lowest BCUT2D eigenvalue weighted by Crippen LogP contribution is -2.46. The Labute approximate surface area is 181 Å². The number of hydrogen-bond acceptors (Lipinski definition) is 5. The summed E-state index contributed by atoms with van der Waals surface area (Å²) >= 11 is 1.69. The lowest BCUT2D eigenvalue weighted by Gasteiger charge is -2.34. The first-order chi connectivity index (χ1) is 14.7. The van der Waals surface area contributed by atoms with E-state index in [2.05, 4.69) is 45.4 Å². The Morgan fingerprint density at radius 1 is 1.03 bits per heavy atom. The maximum absolute atomic E-state index is 11.6. The Hall–Kier alpha value is -2.69. The van der Waals surface area contributed by atoms with Gasteiger partial charge in [0.2, 0.25) is 0 Å². The molecule has 1 aromatic heterocycles. The van der Waals surface area contributed by atoms with Gasteiger partial charge in [0.1, 0.15) is 5.94 Å². The molecule has 1 aliphatic heterocycles. The molecule has 0 spiro atoms. The highest BCUT2D eigenvalue weighted by molar-refractivity contribution is 7.17. The molecular weight excluding hydrogens is 390 g/mol. The van der Waals surface area contributed by atoms with Crippen molar-refractivity contribution in [2.75, 3.05) is 45.0 Å². The summed E-state index contributed by atoms with van der Waals surface area (Å²) in [6.45, 7) is 6.03. The smallest absolute Gasteiger partial charge is 0.128 e. The second-order valence-corrected chi connectivity index (χ2v) is 8.60. The van der Waals surface area contributed by atoms with E-state index in [-0.39, 0.29) is 0 Å². The summed E-state index contributed by atoms with van der Waals surface area (Å²) in [6.07, 6.45) is 5.12. The van der Waals surface area contributed by atoms with Crippen LogP contribution in [-0.2, 0) is 4.79 Å². The van der Waals surface area contributed by atoms with E-state index < -0.39 is 0 Å². The minimum atomic E-state index is 0.751. The van der Waals surface area contributed by atoms with Gasteiger partial charge in [0.25, 0.3) is 0 Å². The molecule has 4 nitrogen and oxygen atoms in total. The molecule has 0 saturated carbocycles. The number of nitrogens with zero attached hydrogens (tertiary/aromatic N) is 2. The molecule has 5 heteroatoms. The van der Waals surface area contributed by atoms with Gasteiger partial charge in [-0.25, -0.2) is 4.79 Å². The van der Waals surface area contributed by atoms with Crippen LogP contribution in [0.3, 0.4) is 0 Å². The van der Waals surface area contributed by atoms with Crippen molar-refractivity contribution in [2.45, 2.75) is 6.42 Å². The second-order valence-electron chi connectivity index (χ2n) is 7.69. The normalized spacial score (nSPS) is 15.6. The minimum Gasteiger partial charge on any atom is -0.399 e. The van der Waals surface area contributed by atoms with E-state index in [1.807, 2.05) is 36.4 Å². The fourth-order valence-corrected chi connectivity index (χ4v) is 4.84. The zero-order chi connectivity index (χ0) is 20.8. The monoisotopic (exact) mass is 417 g/mol. The predicted octanol–water partition coefficient (Wildman–Crippen LogP) is 4.42. The van der Waals surface area contributed by atoms with E-state index >= 15 is 0 Å². The third-order valence-corrected chi connectivity index (χ3v) is 6.65. The van der Waals surface area contributed by atoms with Crippen LogP contribution in [0.1, 0.15) is 17.5 Å². The number of rotatable bonds is 7. The molecule has 4 rings (SSSR count). The lowest BCUT2D eigenvalue weighted by atomic mass is 10.0. The first-order valence-corrected chi connectivity index (χ1v) is 11.3. The number of nitrogen functional groups attached to an aromatic ring is 1. The summed E-state index contributed by atoms with van der Waals surface area (Å²) in [5, 5.41) is 3.26. The van der Waals surface area contributed by atoms with E-state index in [0.29, 0.717) is 0 Å². The van der Waals surface area contributed by atoms with E-state index in [1.54, 1.807) is 11.3 Å². The maximum Gasteiger partial charge on any atom is 0.128 e. The summed E-state index contributed by atoms with van der Waals surface area (Å²) < 4.78 is 1.22. The number of nitrogens with two attached hydrogens (primary N) is 1. The molecule has 0 amide bonds. The molecule has 1 fully saturated rings. The van der Waals surface area contributed by atoms with Crippen molar-refractivity contribution >= 4 is 44.7 Å². The van der Waals surface area contributed by atoms with Gasteiger partial charge in [0.15, 0.2) is 0 Å². The Morgan fingerprint density at radius 3 is 2.53 bits per heavy atom. The van der Waals surface area contributed by atoms with Crippen LogP contribution in [0.15, 0.2) is 60.0 Å². The topological polar surface area (TPSA) is 49.6 Å². The van der Waals surface area contributed by atoms with Gasteiger partial charge < -0.3 is 10.6 Å². The van der Waals surface area contributed by atoms with Crippen molar-refractivity contribution in [1.82, 2.24) is 9.80 Å². The Morgan fingerprint density at radius 2 is 1.77 bits per heavy atom. The SMILES string of the molecule is Nc1ccc(C=CCN2CCN(CCC(=C=O)c3csc4ccccc34)CC2)cc1. The number of thiophene rings is 1. The number of hydrogen-bond donors (Lipinski definition) is 1. The van der Waals surface area contributed by atoms with Crippen molar-refractivity contribution in [1.29, 1.82) is 0 Å². The molecule has 2 N–H and O–H groups in total. The second kappa shape index (κ2) is 9.88. The van der Waals surface area contributed by atoms with Crippen molar-refractivity contribution in [3.8, 4) is 0 Å². The van der Waals surface area contributed by atoms with Crippen LogP contribution >= 0.6 is 11.3 Å². The van der Waals surface area contributed by atoms with E-state index in [9.17, 15) is 4.79 Å². The molecule has 1 saturated heterocycles. The molecule has 1 aliphatic rings. The van der Waals surface area contributed by atoms with E-state index in [1.165, 1.54) is 15.6 Å². The van der Waals surface area contributed by atoms with E-state index in [0.717, 1.165) is 62.5 Å². The Balaban J connectivity index is 1.24. The molecule has 2 heterocycles. The van der Waals surface area contributed by atoms with E-state index in [4.69, 9.17) is 5.73 Å². The van der Waals surface area contributed by atoms with Gasteiger partial charge in [-0.05, 0) is 30.2 Å². The summed E-state index contributed by atoms with van der Waals surface area (Å²) in [6, 6.07) is 16.2. The molecule has 0 aliphatic carbocycles. The standard InChI is InChI=1S/C25H27N3OS/c26-22-9-7-20(8-10-22)4-3-12-27-14-16-28(17-15-27)13-11-21(18-29)24-19-30-25-6-2-1-5-23(24)25/h1-10,19H,11-17,26H2. The summed E-state index contributed by atoms with van der Waals surface area (Å²) in [4.78, 5) is 16.5. The van der Waals surface area contributed by atoms with Crippen LogP contribution in [0.4, 0.5) is 5.69 Å². The van der Waals surface area contributed by atoms with Crippen LogP contribution in [0.5, 0.6) is 0 Å². The third kappa shape index (κ3) is 5.07. The fraction of sp³-hybridized carbons (Fsp3) is 0.280. The van der Waals surface area contributed by atoms with Crippen molar-refractivity contribution in [2.24, 2.45) is 0 Å². The Kier molecular flexibility index (Phi) is 6.77. The van der Waals surface area contributed by atoms with Crippen molar-refractivity contribution in [3.63, 3.8) is 0 Å². The average Bonchev–Trinajstić information content (AvgIpc) is 3.21. The first-order valence-electron chi connectivity index (χ1n) is 10.4. The van der Waals surface area contributed by atoms with Gasteiger partial charge >= 0.3 is 0 Å². The molecule has 30 heavy (non-hydrogen) atoms. The molecule has 2 aromatic carbocycles. The van der Waals surface area contributed by atoms with Crippen molar-refractivity contribution in [3.05, 3.63) is 71.1 Å². The van der Waals surface area contributed by atoms with Gasteiger partial charge in [0.05, 0.1) is 0 Å². The molecular formula is C25H27N3OS.